The largest absolute Gasteiger partial charge is 0.469 e. The summed E-state index contributed by atoms with van der Waals surface area (Å²) in [6, 6.07) is 0. The van der Waals surface area contributed by atoms with Crippen LogP contribution in [0.5, 0.6) is 0 Å². The number of ether oxygens (including phenoxy) is 1. The van der Waals surface area contributed by atoms with E-state index in [1.54, 1.807) is 12.7 Å². The Hall–Kier alpha value is -0.870. The minimum atomic E-state index is -0.647. The first-order valence-corrected chi connectivity index (χ1v) is 14.0. The molecule has 0 spiro atoms. The summed E-state index contributed by atoms with van der Waals surface area (Å²) < 4.78 is 5.25. The zero-order valence-electron chi connectivity index (χ0n) is 22.6. The summed E-state index contributed by atoms with van der Waals surface area (Å²) in [6.45, 7) is 14.3. The molecule has 0 heterocycles. The molecule has 0 aromatic rings. The number of rotatable bonds is 1. The molecule has 4 fully saturated rings. The molecule has 5 rings (SSSR count). The molecule has 0 radical (unpaired) electrons. The van der Waals surface area contributed by atoms with Crippen molar-refractivity contribution in [1.29, 1.82) is 0 Å². The molecule has 0 saturated heterocycles. The zero-order valence-corrected chi connectivity index (χ0v) is 22.6. The van der Waals surface area contributed by atoms with Gasteiger partial charge in [0.05, 0.1) is 25.2 Å². The lowest BCUT2D eigenvalue weighted by Crippen LogP contribution is -2.66. The van der Waals surface area contributed by atoms with E-state index >= 15 is 0 Å². The van der Waals surface area contributed by atoms with Crippen molar-refractivity contribution in [2.45, 2.75) is 105 Å². The topological polar surface area (TPSA) is 66.8 Å². The molecule has 2 N–H and O–H groups in total. The molecule has 0 aromatic carbocycles. The Balaban J connectivity index is 1.56. The molecule has 34 heavy (non-hydrogen) atoms. The molecule has 11 atom stereocenters. The van der Waals surface area contributed by atoms with Gasteiger partial charge >= 0.3 is 5.97 Å². The monoisotopic (exact) mass is 472 g/mol. The lowest BCUT2D eigenvalue weighted by atomic mass is 9.34. The van der Waals surface area contributed by atoms with Crippen molar-refractivity contribution in [1.82, 2.24) is 0 Å². The predicted molar refractivity (Wildman–Crippen MR) is 134 cm³/mol. The average molecular weight is 473 g/mol. The maximum Gasteiger partial charge on any atom is 0.308 e. The van der Waals surface area contributed by atoms with Crippen molar-refractivity contribution < 1.29 is 19.7 Å². The molecule has 4 heteroatoms. The highest BCUT2D eigenvalue weighted by Gasteiger charge is 2.68. The van der Waals surface area contributed by atoms with Crippen molar-refractivity contribution >= 4 is 5.97 Å². The van der Waals surface area contributed by atoms with Gasteiger partial charge in [0.25, 0.3) is 0 Å². The van der Waals surface area contributed by atoms with Crippen molar-refractivity contribution in [2.24, 2.45) is 57.2 Å². The van der Waals surface area contributed by atoms with E-state index in [4.69, 9.17) is 4.74 Å². The summed E-state index contributed by atoms with van der Waals surface area (Å²) >= 11 is 0. The van der Waals surface area contributed by atoms with Crippen LogP contribution in [0.25, 0.3) is 0 Å². The molecule has 0 unspecified atom stereocenters. The second-order valence-corrected chi connectivity index (χ2v) is 14.2. The summed E-state index contributed by atoms with van der Waals surface area (Å²) in [4.78, 5) is 12.7. The number of aliphatic hydroxyl groups is 2. The van der Waals surface area contributed by atoms with E-state index in [2.05, 4.69) is 47.6 Å². The molecule has 4 nitrogen and oxygen atoms in total. The number of carbonyl (C=O) groups is 1. The second-order valence-electron chi connectivity index (χ2n) is 14.2. The Morgan fingerprint density at radius 1 is 1.00 bits per heavy atom. The fourth-order valence-corrected chi connectivity index (χ4v) is 10.9. The van der Waals surface area contributed by atoms with Crippen LogP contribution in [0.15, 0.2) is 11.6 Å². The van der Waals surface area contributed by atoms with Crippen LogP contribution in [0.1, 0.15) is 92.9 Å². The van der Waals surface area contributed by atoms with Gasteiger partial charge in [-0.15, -0.1) is 0 Å². The van der Waals surface area contributed by atoms with Crippen LogP contribution in [0.4, 0.5) is 0 Å². The SMILES string of the molecule is COC(=O)[C@@H]1CC[C@H](C)[C@H]2C3=CC[C@H]4[C@@]5(C)C[C@@H](O)[C@H](O)C(C)(C)[C@H]5CC[C@@]4(C)[C@]3(C)CC[C@H]21. The number of hydrogen-bond donors (Lipinski definition) is 2. The highest BCUT2D eigenvalue weighted by Crippen LogP contribution is 2.74. The van der Waals surface area contributed by atoms with Crippen LogP contribution in [0.3, 0.4) is 0 Å². The lowest BCUT2D eigenvalue weighted by molar-refractivity contribution is -0.230. The first-order valence-electron chi connectivity index (χ1n) is 14.0. The van der Waals surface area contributed by atoms with Gasteiger partial charge in [0.1, 0.15) is 0 Å². The van der Waals surface area contributed by atoms with Gasteiger partial charge in [-0.25, -0.2) is 0 Å². The number of hydrogen-bond acceptors (Lipinski definition) is 4. The van der Waals surface area contributed by atoms with Crippen molar-refractivity contribution in [3.8, 4) is 0 Å². The maximum absolute atomic E-state index is 12.7. The zero-order chi connectivity index (χ0) is 24.8. The Kier molecular flexibility index (Phi) is 5.70. The van der Waals surface area contributed by atoms with E-state index in [1.807, 2.05) is 0 Å². The standard InChI is InChI=1S/C30H48O4/c1-17-8-9-19(26(33)34-7)18-12-14-29(5)20(24(17)18)10-11-23-28(4)16-21(31)25(32)27(2,3)22(28)13-15-30(23,29)6/h10,17-19,21-25,31-32H,8-9,11-16H2,1-7H3/t17-,18-,19+,21+,22+,23-,24+,25-,28-,29+,30+/m0/s1. The Morgan fingerprint density at radius 2 is 1.71 bits per heavy atom. The average Bonchev–Trinajstić information content (AvgIpc) is 2.77. The third-order valence-corrected chi connectivity index (χ3v) is 12.8. The fraction of sp³-hybridized carbons (Fsp3) is 0.900. The molecule has 5 aliphatic carbocycles. The van der Waals surface area contributed by atoms with Gasteiger partial charge in [-0.1, -0.05) is 53.2 Å². The summed E-state index contributed by atoms with van der Waals surface area (Å²) in [5, 5.41) is 21.9. The summed E-state index contributed by atoms with van der Waals surface area (Å²) in [7, 11) is 1.55. The molecule has 0 aliphatic heterocycles. The fourth-order valence-electron chi connectivity index (χ4n) is 10.9. The van der Waals surface area contributed by atoms with Crippen LogP contribution in [-0.4, -0.2) is 35.5 Å². The predicted octanol–water partition coefficient (Wildman–Crippen LogP) is 5.76. The van der Waals surface area contributed by atoms with Crippen molar-refractivity contribution in [3.63, 3.8) is 0 Å². The van der Waals surface area contributed by atoms with Gasteiger partial charge in [-0.05, 0) is 103 Å². The third kappa shape index (κ3) is 3.00. The van der Waals surface area contributed by atoms with Crippen LogP contribution in [0, 0.1) is 57.2 Å². The normalized spacial score (nSPS) is 54.0. The molecule has 0 bridgehead atoms. The highest BCUT2D eigenvalue weighted by atomic mass is 16.5. The van der Waals surface area contributed by atoms with Gasteiger partial charge in [-0.3, -0.25) is 4.79 Å². The van der Waals surface area contributed by atoms with E-state index < -0.39 is 12.2 Å². The number of aliphatic hydroxyl groups excluding tert-OH is 2. The third-order valence-electron chi connectivity index (χ3n) is 12.8. The lowest BCUT2D eigenvalue weighted by Gasteiger charge is -2.71. The molecule has 4 saturated carbocycles. The number of allylic oxidation sites excluding steroid dienone is 2. The summed E-state index contributed by atoms with van der Waals surface area (Å²) in [5.41, 5.74) is 1.68. The van der Waals surface area contributed by atoms with Crippen LogP contribution >= 0.6 is 0 Å². The molecule has 5 aliphatic rings. The Morgan fingerprint density at radius 3 is 2.38 bits per heavy atom. The molecular formula is C30H48O4. The summed E-state index contributed by atoms with van der Waals surface area (Å²) in [5.74, 6) is 2.46. The van der Waals surface area contributed by atoms with Crippen LogP contribution < -0.4 is 0 Å². The van der Waals surface area contributed by atoms with Gasteiger partial charge in [0, 0.05) is 0 Å². The van der Waals surface area contributed by atoms with Gasteiger partial charge in [0.2, 0.25) is 0 Å². The number of methoxy groups -OCH3 is 1. The quantitative estimate of drug-likeness (QED) is 0.376. The Labute approximate surface area is 206 Å². The molecular weight excluding hydrogens is 424 g/mol. The first-order chi connectivity index (χ1) is 15.8. The van der Waals surface area contributed by atoms with E-state index in [-0.39, 0.29) is 33.5 Å². The number of esters is 1. The van der Waals surface area contributed by atoms with Crippen LogP contribution in [-0.2, 0) is 9.53 Å². The maximum atomic E-state index is 12.7. The highest BCUT2D eigenvalue weighted by molar-refractivity contribution is 5.73. The van der Waals surface area contributed by atoms with Crippen molar-refractivity contribution in [2.75, 3.05) is 7.11 Å². The molecule has 0 amide bonds. The van der Waals surface area contributed by atoms with E-state index in [1.165, 1.54) is 6.42 Å². The van der Waals surface area contributed by atoms with Gasteiger partial charge in [0.15, 0.2) is 0 Å². The Bertz CT molecular complexity index is 877. The van der Waals surface area contributed by atoms with Gasteiger partial charge in [-0.2, -0.15) is 0 Å². The number of fused-ring (bicyclic) bond motifs is 7. The van der Waals surface area contributed by atoms with Crippen molar-refractivity contribution in [3.05, 3.63) is 11.6 Å². The minimum absolute atomic E-state index is 0.00370. The van der Waals surface area contributed by atoms with E-state index in [9.17, 15) is 15.0 Å². The molecule has 192 valence electrons. The summed E-state index contributed by atoms with van der Waals surface area (Å²) in [6.07, 6.45) is 9.70. The minimum Gasteiger partial charge on any atom is -0.469 e. The van der Waals surface area contributed by atoms with Crippen LogP contribution in [0.2, 0.25) is 0 Å². The second kappa shape index (κ2) is 7.81. The first kappa shape index (κ1) is 24.8. The van der Waals surface area contributed by atoms with Gasteiger partial charge < -0.3 is 14.9 Å². The number of carbonyl (C=O) groups excluding carboxylic acids is 1. The van der Waals surface area contributed by atoms with E-state index in [0.29, 0.717) is 36.0 Å². The smallest absolute Gasteiger partial charge is 0.308 e. The molecule has 0 aromatic heterocycles. The van der Waals surface area contributed by atoms with E-state index in [0.717, 1.165) is 38.5 Å².